The van der Waals surface area contributed by atoms with Gasteiger partial charge in [0.25, 0.3) is 5.91 Å². The third-order valence-corrected chi connectivity index (χ3v) is 4.16. The summed E-state index contributed by atoms with van der Waals surface area (Å²) in [6, 6.07) is 6.19. The minimum Gasteiger partial charge on any atom is -0.393 e. The number of amides is 1. The minimum absolute atomic E-state index is 0.198. The molecule has 1 fully saturated rings. The number of aliphatic hydroxyl groups is 1. The van der Waals surface area contributed by atoms with Gasteiger partial charge in [0.05, 0.1) is 26.1 Å². The van der Waals surface area contributed by atoms with Gasteiger partial charge in [-0.3, -0.25) is 4.79 Å². The maximum Gasteiger partial charge on any atom is 0.274 e. The number of rotatable bonds is 4. The highest BCUT2D eigenvalue weighted by molar-refractivity contribution is 5.92. The summed E-state index contributed by atoms with van der Waals surface area (Å²) in [6.45, 7) is 0.722. The summed E-state index contributed by atoms with van der Waals surface area (Å²) in [5.41, 5.74) is 0.143. The molecule has 24 heavy (non-hydrogen) atoms. The van der Waals surface area contributed by atoms with Crippen molar-refractivity contribution >= 4 is 5.91 Å². The van der Waals surface area contributed by atoms with Crippen LogP contribution in [0.2, 0.25) is 0 Å². The number of aryl methyl sites for hydroxylation is 1. The first-order chi connectivity index (χ1) is 11.5. The Morgan fingerprint density at radius 1 is 1.50 bits per heavy atom. The van der Waals surface area contributed by atoms with Crippen molar-refractivity contribution in [3.63, 3.8) is 0 Å². The van der Waals surface area contributed by atoms with Crippen LogP contribution in [-0.2, 0) is 18.2 Å². The Hall–Kier alpha value is -2.25. The average molecular weight is 333 g/mol. The van der Waals surface area contributed by atoms with Crippen molar-refractivity contribution < 1.29 is 19.0 Å². The van der Waals surface area contributed by atoms with Gasteiger partial charge in [-0.1, -0.05) is 12.1 Å². The summed E-state index contributed by atoms with van der Waals surface area (Å²) in [4.78, 5) is 18.3. The molecule has 0 radical (unpaired) electrons. The van der Waals surface area contributed by atoms with Crippen molar-refractivity contribution in [3.05, 3.63) is 53.9 Å². The fourth-order valence-corrected chi connectivity index (χ4v) is 2.98. The Bertz CT molecular complexity index is 733. The van der Waals surface area contributed by atoms with E-state index in [0.29, 0.717) is 25.3 Å². The van der Waals surface area contributed by atoms with E-state index in [1.807, 2.05) is 0 Å². The van der Waals surface area contributed by atoms with E-state index in [4.69, 9.17) is 4.74 Å². The molecule has 2 aromatic rings. The number of aliphatic hydroxyl groups excluding tert-OH is 1. The molecule has 1 aromatic carbocycles. The van der Waals surface area contributed by atoms with E-state index < -0.39 is 5.60 Å². The highest BCUT2D eigenvalue weighted by Gasteiger charge is 2.38. The van der Waals surface area contributed by atoms with Crippen LogP contribution >= 0.6 is 0 Å². The highest BCUT2D eigenvalue weighted by Crippen LogP contribution is 2.24. The first-order valence-corrected chi connectivity index (χ1v) is 7.78. The number of halogens is 1. The second-order valence-corrected chi connectivity index (χ2v) is 6.15. The molecule has 1 unspecified atom stereocenters. The minimum atomic E-state index is -0.934. The van der Waals surface area contributed by atoms with Crippen molar-refractivity contribution in [2.45, 2.75) is 12.0 Å². The molecule has 1 saturated heterocycles. The molecule has 128 valence electrons. The van der Waals surface area contributed by atoms with E-state index >= 15 is 0 Å². The highest BCUT2D eigenvalue weighted by atomic mass is 19.1. The van der Waals surface area contributed by atoms with Gasteiger partial charge < -0.3 is 19.3 Å². The number of carbonyl (C=O) groups is 1. The number of carbonyl (C=O) groups excluding carboxylic acids is 1. The summed E-state index contributed by atoms with van der Waals surface area (Å²) in [5.74, 6) is -0.534. The molecule has 0 aliphatic carbocycles. The van der Waals surface area contributed by atoms with Crippen LogP contribution in [0.25, 0.3) is 0 Å². The molecule has 1 atom stereocenters. The van der Waals surface area contributed by atoms with E-state index in [2.05, 4.69) is 4.98 Å². The van der Waals surface area contributed by atoms with Crippen LogP contribution < -0.4 is 0 Å². The van der Waals surface area contributed by atoms with Crippen LogP contribution in [0.5, 0.6) is 0 Å². The molecule has 6 nitrogen and oxygen atoms in total. The third kappa shape index (κ3) is 3.47. The van der Waals surface area contributed by atoms with Crippen LogP contribution in [0.1, 0.15) is 16.1 Å². The maximum absolute atomic E-state index is 13.4. The number of nitrogens with zero attached hydrogens (tertiary/aromatic N) is 3. The fraction of sp³-hybridized carbons (Fsp3) is 0.412. The summed E-state index contributed by atoms with van der Waals surface area (Å²) in [6.07, 6.45) is 3.55. The third-order valence-electron chi connectivity index (χ3n) is 4.16. The van der Waals surface area contributed by atoms with Crippen molar-refractivity contribution in [2.24, 2.45) is 7.05 Å². The lowest BCUT2D eigenvalue weighted by molar-refractivity contribution is -0.123. The molecule has 1 aromatic heterocycles. The maximum atomic E-state index is 13.4. The van der Waals surface area contributed by atoms with Gasteiger partial charge in [-0.15, -0.1) is 0 Å². The molecular weight excluding hydrogens is 313 g/mol. The Kier molecular flexibility index (Phi) is 4.64. The Morgan fingerprint density at radius 3 is 3.00 bits per heavy atom. The largest absolute Gasteiger partial charge is 0.393 e. The molecule has 0 spiro atoms. The second-order valence-electron chi connectivity index (χ2n) is 6.15. The van der Waals surface area contributed by atoms with Gasteiger partial charge in [-0.25, -0.2) is 9.37 Å². The number of hydrogen-bond acceptors (Lipinski definition) is 4. The first-order valence-electron chi connectivity index (χ1n) is 7.78. The van der Waals surface area contributed by atoms with Crippen molar-refractivity contribution in [1.29, 1.82) is 0 Å². The predicted molar refractivity (Wildman–Crippen MR) is 85.0 cm³/mol. The van der Waals surface area contributed by atoms with E-state index in [9.17, 15) is 14.3 Å². The van der Waals surface area contributed by atoms with E-state index in [-0.39, 0.29) is 24.9 Å². The lowest BCUT2D eigenvalue weighted by Gasteiger charge is -2.41. The standard InChI is InChI=1S/C17H20FN3O3/c1-20-9-15(19-12-20)16(23)21-5-6-24-17(10-21,11-22)8-13-3-2-4-14(18)7-13/h2-4,7,9,12,22H,5-6,8,10-11H2,1H3. The summed E-state index contributed by atoms with van der Waals surface area (Å²) >= 11 is 0. The van der Waals surface area contributed by atoms with E-state index in [1.165, 1.54) is 12.1 Å². The lowest BCUT2D eigenvalue weighted by Crippen LogP contribution is -2.56. The quantitative estimate of drug-likeness (QED) is 0.907. The van der Waals surface area contributed by atoms with Crippen LogP contribution in [-0.4, -0.2) is 57.4 Å². The number of morpholine rings is 1. The number of imidazole rings is 1. The van der Waals surface area contributed by atoms with Crippen molar-refractivity contribution in [3.8, 4) is 0 Å². The van der Waals surface area contributed by atoms with Gasteiger partial charge >= 0.3 is 0 Å². The number of benzene rings is 1. The van der Waals surface area contributed by atoms with Crippen LogP contribution in [0, 0.1) is 5.82 Å². The lowest BCUT2D eigenvalue weighted by atomic mass is 9.93. The Labute approximate surface area is 139 Å². The van der Waals surface area contributed by atoms with Crippen molar-refractivity contribution in [1.82, 2.24) is 14.5 Å². The first kappa shape index (κ1) is 16.6. The van der Waals surface area contributed by atoms with Crippen LogP contribution in [0.3, 0.4) is 0 Å². The van der Waals surface area contributed by atoms with E-state index in [1.54, 1.807) is 41.2 Å². The molecule has 2 heterocycles. The molecule has 0 bridgehead atoms. The Balaban J connectivity index is 1.77. The van der Waals surface area contributed by atoms with Gasteiger partial charge in [-0.05, 0) is 17.7 Å². The van der Waals surface area contributed by atoms with Crippen LogP contribution in [0.15, 0.2) is 36.8 Å². The molecule has 1 aliphatic rings. The molecule has 3 rings (SSSR count). The molecule has 1 aliphatic heterocycles. The summed E-state index contributed by atoms with van der Waals surface area (Å²) in [5, 5.41) is 9.87. The van der Waals surface area contributed by atoms with Gasteiger partial charge in [0.2, 0.25) is 0 Å². The van der Waals surface area contributed by atoms with Gasteiger partial charge in [0.15, 0.2) is 0 Å². The van der Waals surface area contributed by atoms with E-state index in [0.717, 1.165) is 5.56 Å². The van der Waals surface area contributed by atoms with Gasteiger partial charge in [0.1, 0.15) is 17.1 Å². The summed E-state index contributed by atoms with van der Waals surface area (Å²) in [7, 11) is 1.80. The molecule has 7 heteroatoms. The SMILES string of the molecule is Cn1cnc(C(=O)N2CCOC(CO)(Cc3cccc(F)c3)C2)c1. The van der Waals surface area contributed by atoms with Crippen LogP contribution in [0.4, 0.5) is 4.39 Å². The van der Waals surface area contributed by atoms with Gasteiger partial charge in [-0.2, -0.15) is 0 Å². The number of ether oxygens (including phenoxy) is 1. The molecule has 0 saturated carbocycles. The monoisotopic (exact) mass is 333 g/mol. The topological polar surface area (TPSA) is 67.6 Å². The second kappa shape index (κ2) is 6.70. The zero-order valence-electron chi connectivity index (χ0n) is 13.5. The number of aromatic nitrogens is 2. The smallest absolute Gasteiger partial charge is 0.274 e. The summed E-state index contributed by atoms with van der Waals surface area (Å²) < 4.78 is 20.9. The molecule has 1 amide bonds. The van der Waals surface area contributed by atoms with Gasteiger partial charge in [0, 0.05) is 26.2 Å². The fourth-order valence-electron chi connectivity index (χ4n) is 2.98. The predicted octanol–water partition coefficient (Wildman–Crippen LogP) is 1.01. The normalized spacial score (nSPS) is 21.0. The Morgan fingerprint density at radius 2 is 2.33 bits per heavy atom. The molecule has 1 N–H and O–H groups in total. The average Bonchev–Trinajstić information content (AvgIpc) is 3.01. The zero-order chi connectivity index (χ0) is 17.2. The number of hydrogen-bond donors (Lipinski definition) is 1. The molecular formula is C17H20FN3O3. The zero-order valence-corrected chi connectivity index (χ0v) is 13.5. The van der Waals surface area contributed by atoms with Crippen molar-refractivity contribution in [2.75, 3.05) is 26.3 Å².